The molecule has 1 aromatic carbocycles. The summed E-state index contributed by atoms with van der Waals surface area (Å²) in [7, 11) is 0. The van der Waals surface area contributed by atoms with Gasteiger partial charge < -0.3 is 15.6 Å². The van der Waals surface area contributed by atoms with Crippen molar-refractivity contribution in [3.8, 4) is 0 Å². The molecule has 1 unspecified atom stereocenters. The molecule has 17 heavy (non-hydrogen) atoms. The zero-order valence-corrected chi connectivity index (χ0v) is 10.5. The Kier molecular flexibility index (Phi) is 4.05. The number of hydrogen-bond acceptors (Lipinski definition) is 3. The van der Waals surface area contributed by atoms with Crippen LogP contribution in [0.15, 0.2) is 24.3 Å². The molecular formula is C13H18ClNO2. The molecule has 1 aliphatic heterocycles. The minimum absolute atomic E-state index is 0.302. The van der Waals surface area contributed by atoms with Gasteiger partial charge in [0.1, 0.15) is 0 Å². The Balaban J connectivity index is 2.28. The Morgan fingerprint density at radius 1 is 1.35 bits per heavy atom. The zero-order chi connectivity index (χ0) is 12.3. The number of rotatable bonds is 3. The molecule has 0 spiro atoms. The van der Waals surface area contributed by atoms with Crippen molar-refractivity contribution in [2.75, 3.05) is 19.8 Å². The Morgan fingerprint density at radius 2 is 2.00 bits per heavy atom. The second-order valence-electron chi connectivity index (χ2n) is 4.60. The lowest BCUT2D eigenvalue weighted by Crippen LogP contribution is -2.41. The quantitative estimate of drug-likeness (QED) is 0.870. The third kappa shape index (κ3) is 2.47. The molecule has 3 nitrogen and oxygen atoms in total. The van der Waals surface area contributed by atoms with Gasteiger partial charge in [-0.1, -0.05) is 29.8 Å². The van der Waals surface area contributed by atoms with Crippen LogP contribution in [0.1, 0.15) is 24.5 Å². The molecule has 1 fully saturated rings. The lowest BCUT2D eigenvalue weighted by molar-refractivity contribution is -0.0581. The lowest BCUT2D eigenvalue weighted by Gasteiger charge is -2.40. The van der Waals surface area contributed by atoms with Gasteiger partial charge >= 0.3 is 0 Å². The molecular weight excluding hydrogens is 238 g/mol. The first-order chi connectivity index (χ1) is 8.19. The smallest absolute Gasteiger partial charge is 0.0874 e. The van der Waals surface area contributed by atoms with Crippen molar-refractivity contribution in [1.29, 1.82) is 0 Å². The van der Waals surface area contributed by atoms with E-state index in [0.717, 1.165) is 18.4 Å². The number of benzene rings is 1. The summed E-state index contributed by atoms with van der Waals surface area (Å²) in [5.74, 6) is 0. The average molecular weight is 256 g/mol. The van der Waals surface area contributed by atoms with E-state index in [4.69, 9.17) is 22.1 Å². The summed E-state index contributed by atoms with van der Waals surface area (Å²) in [5, 5.41) is 11.2. The van der Waals surface area contributed by atoms with E-state index in [0.29, 0.717) is 24.8 Å². The normalized spacial score (nSPS) is 21.1. The summed E-state index contributed by atoms with van der Waals surface area (Å²) in [6.07, 6.45) is 0.927. The third-order valence-electron chi connectivity index (χ3n) is 3.67. The van der Waals surface area contributed by atoms with E-state index in [1.54, 1.807) is 6.07 Å². The highest BCUT2D eigenvalue weighted by Crippen LogP contribution is 2.43. The molecule has 0 saturated carbocycles. The molecule has 94 valence electrons. The molecule has 3 N–H and O–H groups in total. The van der Waals surface area contributed by atoms with Gasteiger partial charge in [-0.2, -0.15) is 0 Å². The van der Waals surface area contributed by atoms with E-state index in [1.807, 2.05) is 18.2 Å². The highest BCUT2D eigenvalue weighted by Gasteiger charge is 2.39. The lowest BCUT2D eigenvalue weighted by atomic mass is 9.73. The summed E-state index contributed by atoms with van der Waals surface area (Å²) < 4.78 is 5.34. The summed E-state index contributed by atoms with van der Waals surface area (Å²) >= 11 is 6.13. The number of aliphatic hydroxyl groups excluding tert-OH is 1. The van der Waals surface area contributed by atoms with Crippen molar-refractivity contribution >= 4 is 11.6 Å². The molecule has 0 radical (unpaired) electrons. The summed E-state index contributed by atoms with van der Waals surface area (Å²) in [6, 6.07) is 7.40. The first-order valence-electron chi connectivity index (χ1n) is 5.90. The predicted molar refractivity (Wildman–Crippen MR) is 68.0 cm³/mol. The summed E-state index contributed by atoms with van der Waals surface area (Å²) in [4.78, 5) is 0. The molecule has 0 aliphatic carbocycles. The molecule has 1 aliphatic rings. The maximum atomic E-state index is 10.6. The fraction of sp³-hybridized carbons (Fsp3) is 0.538. The van der Waals surface area contributed by atoms with Gasteiger partial charge in [0.15, 0.2) is 0 Å². The number of halogens is 1. The van der Waals surface area contributed by atoms with Crippen LogP contribution in [0.5, 0.6) is 0 Å². The van der Waals surface area contributed by atoms with Gasteiger partial charge in [0.05, 0.1) is 6.10 Å². The van der Waals surface area contributed by atoms with Crippen molar-refractivity contribution in [2.24, 2.45) is 11.1 Å². The maximum Gasteiger partial charge on any atom is 0.0874 e. The Bertz CT molecular complexity index is 377. The number of hydrogen-bond donors (Lipinski definition) is 2. The van der Waals surface area contributed by atoms with Crippen molar-refractivity contribution in [1.82, 2.24) is 0 Å². The standard InChI is InChI=1S/C13H18ClNO2/c14-11-4-2-1-3-10(11)12(16)13(9-15)5-7-17-8-6-13/h1-4,12,16H,5-9,15H2. The molecule has 0 amide bonds. The van der Waals surface area contributed by atoms with E-state index in [-0.39, 0.29) is 5.41 Å². The molecule has 0 bridgehead atoms. The van der Waals surface area contributed by atoms with Crippen LogP contribution in [0.2, 0.25) is 5.02 Å². The van der Waals surface area contributed by atoms with Crippen LogP contribution in [0.3, 0.4) is 0 Å². The van der Waals surface area contributed by atoms with E-state index in [1.165, 1.54) is 0 Å². The number of aliphatic hydroxyl groups is 1. The Morgan fingerprint density at radius 3 is 2.59 bits per heavy atom. The van der Waals surface area contributed by atoms with Gasteiger partial charge in [0.25, 0.3) is 0 Å². The predicted octanol–water partition coefficient (Wildman–Crippen LogP) is 2.13. The van der Waals surface area contributed by atoms with Gasteiger partial charge in [-0.05, 0) is 24.5 Å². The second-order valence-corrected chi connectivity index (χ2v) is 5.01. The van der Waals surface area contributed by atoms with Gasteiger partial charge in [-0.25, -0.2) is 0 Å². The Labute approximate surface area is 107 Å². The van der Waals surface area contributed by atoms with E-state index in [2.05, 4.69) is 0 Å². The first-order valence-corrected chi connectivity index (χ1v) is 6.28. The van der Waals surface area contributed by atoms with Crippen molar-refractivity contribution < 1.29 is 9.84 Å². The van der Waals surface area contributed by atoms with E-state index in [9.17, 15) is 5.11 Å². The third-order valence-corrected chi connectivity index (χ3v) is 4.02. The minimum Gasteiger partial charge on any atom is -0.388 e. The van der Waals surface area contributed by atoms with Gasteiger partial charge in [0, 0.05) is 30.2 Å². The van der Waals surface area contributed by atoms with Crippen LogP contribution < -0.4 is 5.73 Å². The molecule has 2 rings (SSSR count). The molecule has 1 heterocycles. The first kappa shape index (κ1) is 12.8. The molecule has 1 atom stereocenters. The van der Waals surface area contributed by atoms with Crippen LogP contribution in [0.25, 0.3) is 0 Å². The topological polar surface area (TPSA) is 55.5 Å². The fourth-order valence-corrected chi connectivity index (χ4v) is 2.63. The van der Waals surface area contributed by atoms with Crippen molar-refractivity contribution in [2.45, 2.75) is 18.9 Å². The van der Waals surface area contributed by atoms with Gasteiger partial charge in [0.2, 0.25) is 0 Å². The highest BCUT2D eigenvalue weighted by molar-refractivity contribution is 6.31. The molecule has 1 aromatic rings. The zero-order valence-electron chi connectivity index (χ0n) is 9.73. The van der Waals surface area contributed by atoms with E-state index >= 15 is 0 Å². The number of nitrogens with two attached hydrogens (primary N) is 1. The van der Waals surface area contributed by atoms with Crippen LogP contribution >= 0.6 is 11.6 Å². The van der Waals surface area contributed by atoms with Crippen LogP contribution in [0.4, 0.5) is 0 Å². The Hall–Kier alpha value is -0.610. The molecule has 0 aromatic heterocycles. The number of ether oxygens (including phenoxy) is 1. The van der Waals surface area contributed by atoms with Crippen LogP contribution in [-0.2, 0) is 4.74 Å². The van der Waals surface area contributed by atoms with Crippen LogP contribution in [0, 0.1) is 5.41 Å². The summed E-state index contributed by atoms with van der Waals surface area (Å²) in [6.45, 7) is 1.75. The van der Waals surface area contributed by atoms with Gasteiger partial charge in [-0.15, -0.1) is 0 Å². The largest absolute Gasteiger partial charge is 0.388 e. The van der Waals surface area contributed by atoms with Crippen LogP contribution in [-0.4, -0.2) is 24.9 Å². The highest BCUT2D eigenvalue weighted by atomic mass is 35.5. The average Bonchev–Trinajstić information content (AvgIpc) is 2.39. The summed E-state index contributed by atoms with van der Waals surface area (Å²) in [5.41, 5.74) is 6.33. The molecule has 1 saturated heterocycles. The SMILES string of the molecule is NCC1(C(O)c2ccccc2Cl)CCOCC1. The van der Waals surface area contributed by atoms with Crippen molar-refractivity contribution in [3.63, 3.8) is 0 Å². The minimum atomic E-state index is -0.620. The monoisotopic (exact) mass is 255 g/mol. The van der Waals surface area contributed by atoms with E-state index < -0.39 is 6.10 Å². The molecule has 4 heteroatoms. The fourth-order valence-electron chi connectivity index (χ4n) is 2.39. The van der Waals surface area contributed by atoms with Gasteiger partial charge in [-0.3, -0.25) is 0 Å². The second kappa shape index (κ2) is 5.36. The van der Waals surface area contributed by atoms with Crippen molar-refractivity contribution in [3.05, 3.63) is 34.9 Å². The maximum absolute atomic E-state index is 10.6.